The fourth-order valence-electron chi connectivity index (χ4n) is 0.399. The molecule has 12 heavy (non-hydrogen) atoms. The molecule has 0 amide bonds. The Labute approximate surface area is 66.5 Å². The highest BCUT2D eigenvalue weighted by Gasteiger charge is 2.12. The van der Waals surface area contributed by atoms with Gasteiger partial charge >= 0.3 is 0 Å². The Morgan fingerprint density at radius 3 is 2.33 bits per heavy atom. The van der Waals surface area contributed by atoms with Crippen molar-refractivity contribution in [1.29, 1.82) is 0 Å². The van der Waals surface area contributed by atoms with Gasteiger partial charge in [-0.3, -0.25) is 10.2 Å². The van der Waals surface area contributed by atoms with Crippen LogP contribution < -0.4 is 5.32 Å². The number of rotatable bonds is 6. The van der Waals surface area contributed by atoms with Crippen molar-refractivity contribution in [2.24, 2.45) is 0 Å². The van der Waals surface area contributed by atoms with Gasteiger partial charge in [0, 0.05) is 0 Å². The van der Waals surface area contributed by atoms with Crippen LogP contribution in [0.5, 0.6) is 0 Å². The van der Waals surface area contributed by atoms with Crippen LogP contribution in [0, 0.1) is 20.2 Å². The minimum absolute atomic E-state index is 0.537. The van der Waals surface area contributed by atoms with Crippen LogP contribution in [0.3, 0.4) is 0 Å². The molecule has 0 heterocycles. The summed E-state index contributed by atoms with van der Waals surface area (Å²) in [6.45, 7) is -0.537. The van der Waals surface area contributed by atoms with Crippen LogP contribution in [0.4, 0.5) is 0 Å². The summed E-state index contributed by atoms with van der Waals surface area (Å²) in [6.07, 6.45) is -1.13. The lowest BCUT2D eigenvalue weighted by molar-refractivity contribution is -0.791. The molecule has 0 bridgehead atoms. The normalized spacial score (nSPS) is 11.8. The predicted octanol–water partition coefficient (Wildman–Crippen LogP) is -1.05. The molecule has 0 aliphatic heterocycles. The molecule has 0 aliphatic carbocycles. The number of hydrogen-bond donors (Lipinski definition) is 1. The van der Waals surface area contributed by atoms with E-state index in [1.807, 2.05) is 0 Å². The number of hydrogen-bond acceptors (Lipinski definition) is 7. The van der Waals surface area contributed by atoms with E-state index in [9.17, 15) is 20.2 Å². The first-order valence-corrected chi connectivity index (χ1v) is 2.82. The standard InChI is InChI=1S/C3H7N3O6/c1-4-3(12-6(9)10)2-11-5(7)8/h3-4H,2H2,1H3. The topological polar surface area (TPSA) is 117 Å². The summed E-state index contributed by atoms with van der Waals surface area (Å²) in [4.78, 5) is 27.1. The van der Waals surface area contributed by atoms with Crippen molar-refractivity contribution in [2.45, 2.75) is 6.23 Å². The molecular formula is C3H7N3O6. The van der Waals surface area contributed by atoms with Crippen molar-refractivity contribution in [3.8, 4) is 0 Å². The summed E-state index contributed by atoms with van der Waals surface area (Å²) in [5.41, 5.74) is 0. The third-order valence-electron chi connectivity index (χ3n) is 0.867. The summed E-state index contributed by atoms with van der Waals surface area (Å²) in [6, 6.07) is 0. The smallest absolute Gasteiger partial charge is 0.296 e. The second-order valence-corrected chi connectivity index (χ2v) is 1.63. The monoisotopic (exact) mass is 181 g/mol. The van der Waals surface area contributed by atoms with Crippen LogP contribution in [0.1, 0.15) is 0 Å². The van der Waals surface area contributed by atoms with Crippen molar-refractivity contribution in [3.05, 3.63) is 20.2 Å². The summed E-state index contributed by atoms with van der Waals surface area (Å²) in [5.74, 6) is 0. The van der Waals surface area contributed by atoms with Crippen molar-refractivity contribution in [3.63, 3.8) is 0 Å². The Bertz CT molecular complexity index is 171. The van der Waals surface area contributed by atoms with Gasteiger partial charge in [0.2, 0.25) is 0 Å². The third kappa shape index (κ3) is 5.17. The molecule has 0 aromatic heterocycles. The van der Waals surface area contributed by atoms with Crippen LogP contribution in [-0.2, 0) is 9.68 Å². The van der Waals surface area contributed by atoms with Gasteiger partial charge in [-0.15, -0.1) is 20.2 Å². The first kappa shape index (κ1) is 10.4. The van der Waals surface area contributed by atoms with Crippen LogP contribution in [-0.4, -0.2) is 30.1 Å². The van der Waals surface area contributed by atoms with Gasteiger partial charge < -0.3 is 4.84 Å². The van der Waals surface area contributed by atoms with Gasteiger partial charge in [-0.05, 0) is 7.05 Å². The first-order valence-electron chi connectivity index (χ1n) is 2.82. The van der Waals surface area contributed by atoms with E-state index in [-0.39, 0.29) is 0 Å². The molecule has 9 heteroatoms. The van der Waals surface area contributed by atoms with Gasteiger partial charge in [0.15, 0.2) is 6.23 Å². The predicted molar refractivity (Wildman–Crippen MR) is 33.9 cm³/mol. The van der Waals surface area contributed by atoms with E-state index in [1.165, 1.54) is 7.05 Å². The lowest BCUT2D eigenvalue weighted by atomic mass is 10.6. The average molecular weight is 181 g/mol. The lowest BCUT2D eigenvalue weighted by Crippen LogP contribution is -2.35. The van der Waals surface area contributed by atoms with Crippen molar-refractivity contribution >= 4 is 0 Å². The van der Waals surface area contributed by atoms with E-state index in [0.717, 1.165) is 0 Å². The third-order valence-corrected chi connectivity index (χ3v) is 0.867. The maximum Gasteiger partial charge on any atom is 0.296 e. The maximum atomic E-state index is 9.73. The first-order chi connectivity index (χ1) is 5.56. The second kappa shape index (κ2) is 5.07. The molecule has 1 N–H and O–H groups in total. The van der Waals surface area contributed by atoms with Gasteiger partial charge in [-0.1, -0.05) is 0 Å². The quantitative estimate of drug-likeness (QED) is 0.315. The Morgan fingerprint density at radius 2 is 2.00 bits per heavy atom. The van der Waals surface area contributed by atoms with Crippen molar-refractivity contribution in [1.82, 2.24) is 5.32 Å². The summed E-state index contributed by atoms with van der Waals surface area (Å²) in [5, 5.41) is 19.5. The molecule has 0 aromatic rings. The zero-order valence-electron chi connectivity index (χ0n) is 6.13. The van der Waals surface area contributed by atoms with Gasteiger partial charge in [0.1, 0.15) is 6.61 Å². The maximum absolute atomic E-state index is 9.73. The van der Waals surface area contributed by atoms with Gasteiger partial charge in [0.25, 0.3) is 10.2 Å². The molecular weight excluding hydrogens is 174 g/mol. The number of nitrogens with zero attached hydrogens (tertiary/aromatic N) is 2. The molecule has 0 rings (SSSR count). The SMILES string of the molecule is CNC(CO[N+](=O)[O-])O[N+](=O)[O-]. The molecule has 0 aromatic carbocycles. The van der Waals surface area contributed by atoms with E-state index in [2.05, 4.69) is 15.0 Å². The molecule has 0 saturated heterocycles. The molecule has 9 nitrogen and oxygen atoms in total. The summed E-state index contributed by atoms with van der Waals surface area (Å²) >= 11 is 0. The van der Waals surface area contributed by atoms with Crippen LogP contribution in [0.25, 0.3) is 0 Å². The molecule has 0 saturated carbocycles. The highest BCUT2D eigenvalue weighted by Crippen LogP contribution is 1.88. The molecule has 0 radical (unpaired) electrons. The lowest BCUT2D eigenvalue weighted by Gasteiger charge is -2.11. The van der Waals surface area contributed by atoms with Crippen molar-refractivity contribution < 1.29 is 19.8 Å². The van der Waals surface area contributed by atoms with E-state index in [4.69, 9.17) is 0 Å². The molecule has 0 fully saturated rings. The number of likely N-dealkylation sites (N-methyl/N-ethyl adjacent to an activating group) is 1. The Morgan fingerprint density at radius 1 is 1.42 bits per heavy atom. The molecule has 1 unspecified atom stereocenters. The molecule has 0 spiro atoms. The largest absolute Gasteiger partial charge is 0.310 e. The Hall–Kier alpha value is -1.64. The zero-order valence-corrected chi connectivity index (χ0v) is 6.13. The molecule has 1 atom stereocenters. The molecule has 0 aliphatic rings. The van der Waals surface area contributed by atoms with E-state index < -0.39 is 23.0 Å². The fraction of sp³-hybridized carbons (Fsp3) is 1.00. The molecule has 70 valence electrons. The number of nitrogens with one attached hydrogen (secondary N) is 1. The highest BCUT2D eigenvalue weighted by atomic mass is 17.0. The van der Waals surface area contributed by atoms with E-state index >= 15 is 0 Å². The van der Waals surface area contributed by atoms with Gasteiger partial charge in [-0.25, -0.2) is 0 Å². The van der Waals surface area contributed by atoms with Crippen LogP contribution >= 0.6 is 0 Å². The zero-order chi connectivity index (χ0) is 9.56. The van der Waals surface area contributed by atoms with Crippen molar-refractivity contribution in [2.75, 3.05) is 13.7 Å². The minimum Gasteiger partial charge on any atom is -0.310 e. The van der Waals surface area contributed by atoms with Crippen LogP contribution in [0.15, 0.2) is 0 Å². The summed E-state index contributed by atoms with van der Waals surface area (Å²) < 4.78 is 0. The van der Waals surface area contributed by atoms with E-state index in [1.54, 1.807) is 0 Å². The fourth-order valence-corrected chi connectivity index (χ4v) is 0.399. The highest BCUT2D eigenvalue weighted by molar-refractivity contribution is 4.43. The summed E-state index contributed by atoms with van der Waals surface area (Å²) in [7, 11) is 1.34. The van der Waals surface area contributed by atoms with Gasteiger partial charge in [-0.2, -0.15) is 0 Å². The Kier molecular flexibility index (Phi) is 4.38. The van der Waals surface area contributed by atoms with Gasteiger partial charge in [0.05, 0.1) is 0 Å². The van der Waals surface area contributed by atoms with Crippen LogP contribution in [0.2, 0.25) is 0 Å². The van der Waals surface area contributed by atoms with E-state index in [0.29, 0.717) is 0 Å². The average Bonchev–Trinajstić information content (AvgIpc) is 1.97. The minimum atomic E-state index is -1.13. The second-order valence-electron chi connectivity index (χ2n) is 1.63. The Balaban J connectivity index is 3.67.